The monoisotopic (exact) mass is 620 g/mol. The summed E-state index contributed by atoms with van der Waals surface area (Å²) < 4.78 is 34.7. The summed E-state index contributed by atoms with van der Waals surface area (Å²) in [5, 5.41) is 3.55. The van der Waals surface area contributed by atoms with Crippen molar-refractivity contribution in [2.24, 2.45) is 0 Å². The molecule has 1 aromatic heterocycles. The number of anilines is 1. The van der Waals surface area contributed by atoms with Gasteiger partial charge in [-0.05, 0) is 84.4 Å². The molecular formula is C33H44N4O4SSi. The largest absolute Gasteiger partial charge is 0.415 e. The number of amides is 1. The molecule has 8 nitrogen and oxygen atoms in total. The number of carbonyl (C=O) groups excluding carboxylic acids is 1. The van der Waals surface area contributed by atoms with Crippen molar-refractivity contribution in [2.45, 2.75) is 76.2 Å². The molecule has 2 aromatic carbocycles. The van der Waals surface area contributed by atoms with Crippen molar-refractivity contribution in [1.82, 2.24) is 14.2 Å². The van der Waals surface area contributed by atoms with Crippen molar-refractivity contribution in [1.29, 1.82) is 0 Å². The molecule has 230 valence electrons. The average Bonchev–Trinajstić information content (AvgIpc) is 3.28. The van der Waals surface area contributed by atoms with Crippen LogP contribution in [0, 0.1) is 6.92 Å². The standard InChI is InChI=1S/C33H44N4O4SSi/c1-24-7-14-31(34-22-24)35-28-15-17-37(18-16-28)42(39,40)29-12-10-25(11-13-29)26-8-9-27-23-36(32(38)30(27)21-26)19-20-41-43(5,6)33(2,3)4/h7-14,21-22,28H,15-20,23H2,1-6H3,(H,34,35). The number of hydrogen-bond acceptors (Lipinski definition) is 6. The summed E-state index contributed by atoms with van der Waals surface area (Å²) in [4.78, 5) is 19.8. The van der Waals surface area contributed by atoms with E-state index in [2.05, 4.69) is 44.2 Å². The quantitative estimate of drug-likeness (QED) is 0.283. The predicted octanol–water partition coefficient (Wildman–Crippen LogP) is 6.30. The van der Waals surface area contributed by atoms with Gasteiger partial charge in [0.25, 0.3) is 5.91 Å². The number of nitrogens with one attached hydrogen (secondary N) is 1. The number of carbonyl (C=O) groups is 1. The Hall–Kier alpha value is -3.05. The number of benzene rings is 2. The lowest BCUT2D eigenvalue weighted by molar-refractivity contribution is 0.0749. The SMILES string of the molecule is Cc1ccc(NC2CCN(S(=O)(=O)c3ccc(-c4ccc5c(c4)C(=O)N(CCO[Si](C)(C)C(C)(C)C)C5)cc3)CC2)nc1. The topological polar surface area (TPSA) is 91.8 Å². The second kappa shape index (κ2) is 12.1. The van der Waals surface area contributed by atoms with Crippen LogP contribution in [0.15, 0.2) is 65.7 Å². The number of hydrogen-bond donors (Lipinski definition) is 1. The Morgan fingerprint density at radius 3 is 2.30 bits per heavy atom. The molecular weight excluding hydrogens is 577 g/mol. The molecule has 3 aromatic rings. The molecule has 2 aliphatic rings. The molecule has 0 radical (unpaired) electrons. The van der Waals surface area contributed by atoms with Crippen LogP contribution in [0.3, 0.4) is 0 Å². The van der Waals surface area contributed by atoms with E-state index in [4.69, 9.17) is 4.43 Å². The van der Waals surface area contributed by atoms with E-state index in [1.807, 2.05) is 60.5 Å². The number of fused-ring (bicyclic) bond motifs is 1. The van der Waals surface area contributed by atoms with Gasteiger partial charge in [0.1, 0.15) is 5.82 Å². The van der Waals surface area contributed by atoms with Gasteiger partial charge in [0.2, 0.25) is 10.0 Å². The summed E-state index contributed by atoms with van der Waals surface area (Å²) in [6.45, 7) is 15.7. The fourth-order valence-corrected chi connectivity index (χ4v) is 7.82. The molecule has 0 spiro atoms. The number of piperidine rings is 1. The number of rotatable bonds is 9. The van der Waals surface area contributed by atoms with Gasteiger partial charge in [0, 0.05) is 44.0 Å². The Morgan fingerprint density at radius 2 is 1.67 bits per heavy atom. The van der Waals surface area contributed by atoms with Gasteiger partial charge in [-0.1, -0.05) is 51.1 Å². The van der Waals surface area contributed by atoms with Crippen molar-refractivity contribution in [2.75, 3.05) is 31.6 Å². The molecule has 10 heteroatoms. The zero-order valence-electron chi connectivity index (χ0n) is 26.2. The van der Waals surface area contributed by atoms with Gasteiger partial charge in [-0.15, -0.1) is 0 Å². The molecule has 3 heterocycles. The van der Waals surface area contributed by atoms with Crippen LogP contribution in [0.2, 0.25) is 18.1 Å². The smallest absolute Gasteiger partial charge is 0.254 e. The van der Waals surface area contributed by atoms with E-state index in [1.165, 1.54) is 0 Å². The molecule has 5 rings (SSSR count). The normalized spacial score (nSPS) is 16.9. The zero-order valence-corrected chi connectivity index (χ0v) is 28.0. The van der Waals surface area contributed by atoms with Crippen molar-refractivity contribution < 1.29 is 17.6 Å². The highest BCUT2D eigenvalue weighted by Gasteiger charge is 2.37. The van der Waals surface area contributed by atoms with E-state index in [0.717, 1.165) is 40.9 Å². The van der Waals surface area contributed by atoms with Gasteiger partial charge < -0.3 is 14.6 Å². The van der Waals surface area contributed by atoms with Crippen molar-refractivity contribution in [3.63, 3.8) is 0 Å². The molecule has 0 unspecified atom stereocenters. The van der Waals surface area contributed by atoms with Crippen LogP contribution in [0.4, 0.5) is 5.82 Å². The first-order valence-electron chi connectivity index (χ1n) is 15.1. The van der Waals surface area contributed by atoms with Crippen LogP contribution in [-0.4, -0.2) is 69.1 Å². The minimum absolute atomic E-state index is 0.0194. The molecule has 1 amide bonds. The van der Waals surface area contributed by atoms with Gasteiger partial charge in [-0.25, -0.2) is 13.4 Å². The van der Waals surface area contributed by atoms with Gasteiger partial charge >= 0.3 is 0 Å². The highest BCUT2D eigenvalue weighted by Crippen LogP contribution is 2.37. The summed E-state index contributed by atoms with van der Waals surface area (Å²) in [6, 6.07) is 17.1. The van der Waals surface area contributed by atoms with E-state index < -0.39 is 18.3 Å². The van der Waals surface area contributed by atoms with Crippen LogP contribution < -0.4 is 5.32 Å². The van der Waals surface area contributed by atoms with E-state index in [1.54, 1.807) is 16.4 Å². The van der Waals surface area contributed by atoms with Gasteiger partial charge in [0.15, 0.2) is 8.32 Å². The van der Waals surface area contributed by atoms with Gasteiger partial charge in [-0.2, -0.15) is 4.31 Å². The number of nitrogens with zero attached hydrogens (tertiary/aromatic N) is 3. The lowest BCUT2D eigenvalue weighted by Gasteiger charge is -2.36. The van der Waals surface area contributed by atoms with Crippen LogP contribution in [0.5, 0.6) is 0 Å². The lowest BCUT2D eigenvalue weighted by atomic mass is 10.0. The Labute approximate surface area is 257 Å². The van der Waals surface area contributed by atoms with Crippen LogP contribution >= 0.6 is 0 Å². The fourth-order valence-electron chi connectivity index (χ4n) is 5.32. The van der Waals surface area contributed by atoms with Crippen molar-refractivity contribution in [3.8, 4) is 11.1 Å². The maximum Gasteiger partial charge on any atom is 0.254 e. The molecule has 1 fully saturated rings. The molecule has 1 saturated heterocycles. The third kappa shape index (κ3) is 6.87. The average molecular weight is 621 g/mol. The van der Waals surface area contributed by atoms with Crippen LogP contribution in [0.25, 0.3) is 11.1 Å². The summed E-state index contributed by atoms with van der Waals surface area (Å²) in [7, 11) is -5.47. The summed E-state index contributed by atoms with van der Waals surface area (Å²) >= 11 is 0. The first kappa shape index (κ1) is 31.4. The van der Waals surface area contributed by atoms with Gasteiger partial charge in [-0.3, -0.25) is 4.79 Å². The van der Waals surface area contributed by atoms with E-state index in [-0.39, 0.29) is 21.9 Å². The lowest BCUT2D eigenvalue weighted by Crippen LogP contribution is -2.42. The van der Waals surface area contributed by atoms with Crippen LogP contribution in [-0.2, 0) is 21.0 Å². The summed E-state index contributed by atoms with van der Waals surface area (Å²) in [6.07, 6.45) is 3.26. The highest BCUT2D eigenvalue weighted by molar-refractivity contribution is 7.89. The van der Waals surface area contributed by atoms with Crippen LogP contribution in [0.1, 0.15) is 55.1 Å². The Morgan fingerprint density at radius 1 is 1.00 bits per heavy atom. The molecule has 0 atom stereocenters. The highest BCUT2D eigenvalue weighted by atomic mass is 32.2. The molecule has 43 heavy (non-hydrogen) atoms. The third-order valence-corrected chi connectivity index (χ3v) is 15.6. The predicted molar refractivity (Wildman–Crippen MR) is 174 cm³/mol. The Bertz CT molecular complexity index is 1560. The first-order valence-corrected chi connectivity index (χ1v) is 19.5. The van der Waals surface area contributed by atoms with Crippen molar-refractivity contribution in [3.05, 3.63) is 77.5 Å². The van der Waals surface area contributed by atoms with Crippen molar-refractivity contribution >= 4 is 30.1 Å². The maximum atomic E-state index is 13.4. The second-order valence-corrected chi connectivity index (χ2v) is 20.0. The molecule has 0 aliphatic carbocycles. The third-order valence-electron chi connectivity index (χ3n) is 9.16. The molecule has 0 saturated carbocycles. The van der Waals surface area contributed by atoms with E-state index in [0.29, 0.717) is 38.3 Å². The number of aryl methyl sites for hydroxylation is 1. The second-order valence-electron chi connectivity index (χ2n) is 13.3. The number of aromatic nitrogens is 1. The minimum Gasteiger partial charge on any atom is -0.415 e. The van der Waals surface area contributed by atoms with E-state index >= 15 is 0 Å². The minimum atomic E-state index is -3.60. The summed E-state index contributed by atoms with van der Waals surface area (Å²) in [5.41, 5.74) is 4.59. The van der Waals surface area contributed by atoms with E-state index in [9.17, 15) is 13.2 Å². The Balaban J connectivity index is 1.19. The number of sulfonamides is 1. The fraction of sp³-hybridized carbons (Fsp3) is 0.455. The number of pyridine rings is 1. The van der Waals surface area contributed by atoms with Gasteiger partial charge in [0.05, 0.1) is 11.5 Å². The maximum absolute atomic E-state index is 13.4. The first-order chi connectivity index (χ1) is 20.2. The zero-order chi connectivity index (χ0) is 31.0. The molecule has 2 aliphatic heterocycles. The Kier molecular flexibility index (Phi) is 8.86. The molecule has 1 N–H and O–H groups in total. The summed E-state index contributed by atoms with van der Waals surface area (Å²) in [5.74, 6) is 0.838. The molecule has 0 bridgehead atoms.